The number of hydrogen-bond donors (Lipinski definition) is 6. The second-order valence-corrected chi connectivity index (χ2v) is 30.1. The molecule has 5 aromatic rings. The average Bonchev–Trinajstić information content (AvgIpc) is 0.960. The highest BCUT2D eigenvalue weighted by Crippen LogP contribution is 2.49. The summed E-state index contributed by atoms with van der Waals surface area (Å²) in [6.07, 6.45) is 8.89. The molecule has 3 aromatic carbocycles. The maximum atomic E-state index is 13.9. The molecular weight excluding hydrogens is 1440 g/mol. The molecule has 1 saturated carbocycles. The molecule has 10 rings (SSSR count). The van der Waals surface area contributed by atoms with Gasteiger partial charge in [-0.05, 0) is 136 Å². The van der Waals surface area contributed by atoms with E-state index in [-0.39, 0.29) is 114 Å². The van der Waals surface area contributed by atoms with Crippen LogP contribution in [0, 0.1) is 17.8 Å². The van der Waals surface area contributed by atoms with E-state index in [1.165, 1.54) is 37.5 Å². The van der Waals surface area contributed by atoms with E-state index in [0.29, 0.717) is 79.6 Å². The number of ether oxygens (including phenoxy) is 7. The number of aryl methyl sites for hydroxylation is 1. The topological polar surface area (TPSA) is 380 Å². The zero-order valence-corrected chi connectivity index (χ0v) is 65.4. The number of amides is 10. The first-order chi connectivity index (χ1) is 53.7. The standard InChI is InChI=1S/C80H108N14O18/c1-51(2)71(86-66(95)30-38-107-40-41-108-39-36-93-67(96)26-27-68(93)97)74(100)84-64(12-11-31-82-75(81)101)73(99)83-59-21-16-56(17-22-59)49-110-78(104)88(5)34-35-89(6)79(105)112-60-23-19-58(20-24-60)80(44-54-14-15-54,50-111-70-13-9-10-37-109-70)72-61-42-57(62-48-90(7)69(98)43-65(62)106-8)18-25-63(61)85-76(87-72)91-32-28-55(29-33-91)47-92-45-53(4)94(77(102)103)46-52(92)3/h16-27,42-43,48,51-55,64,70-71H,9-15,28-41,44-47,49-50H2,1-8H3,(H,83,99)(H,84,100)(H,86,95)(H,102,103)(H3,81,82,101)/t52-,53+,64-,70?,71-,80?/m0/s1. The van der Waals surface area contributed by atoms with E-state index in [2.05, 4.69) is 44.1 Å². The van der Waals surface area contributed by atoms with Crippen LogP contribution >= 0.6 is 0 Å². The van der Waals surface area contributed by atoms with Gasteiger partial charge >= 0.3 is 24.3 Å². The van der Waals surface area contributed by atoms with Crippen LogP contribution in [0.15, 0.2) is 95.9 Å². The van der Waals surface area contributed by atoms with Crippen LogP contribution in [-0.4, -0.2) is 248 Å². The van der Waals surface area contributed by atoms with Crippen molar-refractivity contribution in [3.05, 3.63) is 118 Å². The monoisotopic (exact) mass is 1550 g/mol. The Hall–Kier alpha value is -10.3. The van der Waals surface area contributed by atoms with Crippen LogP contribution in [0.2, 0.25) is 0 Å². The van der Waals surface area contributed by atoms with Gasteiger partial charge in [-0.25, -0.2) is 29.1 Å². The molecule has 7 N–H and O–H groups in total. The highest BCUT2D eigenvalue weighted by Gasteiger charge is 2.45. The molecule has 2 unspecified atom stereocenters. The van der Waals surface area contributed by atoms with E-state index >= 15 is 0 Å². The molecule has 1 aliphatic carbocycles. The maximum Gasteiger partial charge on any atom is 0.415 e. The number of piperidine rings is 1. The summed E-state index contributed by atoms with van der Waals surface area (Å²) in [6, 6.07) is 18.7. The van der Waals surface area contributed by atoms with Gasteiger partial charge in [-0.1, -0.05) is 57.0 Å². The van der Waals surface area contributed by atoms with Crippen LogP contribution in [0.4, 0.5) is 30.8 Å². The van der Waals surface area contributed by atoms with E-state index in [9.17, 15) is 53.1 Å². The molecule has 112 heavy (non-hydrogen) atoms. The van der Waals surface area contributed by atoms with Gasteiger partial charge in [0.25, 0.3) is 17.4 Å². The summed E-state index contributed by atoms with van der Waals surface area (Å²) in [6.45, 7) is 12.5. The predicted octanol–water partition coefficient (Wildman–Crippen LogP) is 6.98. The number of carbonyl (C=O) groups excluding carboxylic acids is 8. The quantitative estimate of drug-likeness (QED) is 0.0172. The first kappa shape index (κ1) is 84.2. The molecule has 6 atom stereocenters. The lowest BCUT2D eigenvalue weighted by Gasteiger charge is -2.45. The SMILES string of the molecule is COc1cc(=O)n(C)cc1-c1ccc2nc(N3CCC(CN4C[C@@H](C)N(C(=O)O)C[C@@H]4C)CC3)nc(C(COC3CCCCO3)(CC3CC3)c3ccc(OC(=O)N(C)CCN(C)C(=O)OCc4ccc(NC(=O)[C@H](CCCNC(N)=O)NC(=O)[C@@H](NC(=O)CCOCCOCCN5C(=O)C=CC5=O)C(C)C)cc4)cc3)c2c1. The summed E-state index contributed by atoms with van der Waals surface area (Å²) in [5.41, 5.74) is 8.99. The van der Waals surface area contributed by atoms with Crippen molar-refractivity contribution in [1.29, 1.82) is 0 Å². The summed E-state index contributed by atoms with van der Waals surface area (Å²) < 4.78 is 43.2. The molecule has 606 valence electrons. The molecule has 10 amide bonds. The van der Waals surface area contributed by atoms with Gasteiger partial charge in [0.2, 0.25) is 23.7 Å². The summed E-state index contributed by atoms with van der Waals surface area (Å²) in [7, 11) is 6.37. The van der Waals surface area contributed by atoms with Crippen molar-refractivity contribution >= 4 is 76.4 Å². The Morgan fingerprint density at radius 1 is 0.786 bits per heavy atom. The minimum absolute atomic E-state index is 0.0157. The number of piperazine rings is 1. The van der Waals surface area contributed by atoms with Gasteiger partial charge in [0.1, 0.15) is 30.2 Å². The van der Waals surface area contributed by atoms with Crippen LogP contribution in [0.3, 0.4) is 0 Å². The molecule has 32 nitrogen and oxygen atoms in total. The number of aromatic nitrogens is 3. The highest BCUT2D eigenvalue weighted by molar-refractivity contribution is 6.12. The van der Waals surface area contributed by atoms with Crippen molar-refractivity contribution in [2.75, 3.05) is 130 Å². The minimum Gasteiger partial charge on any atom is -0.496 e. The number of methoxy groups -OCH3 is 1. The molecule has 4 aliphatic heterocycles. The molecule has 0 radical (unpaired) electrons. The third kappa shape index (κ3) is 23.0. The second kappa shape index (κ2) is 39.8. The molecule has 3 saturated heterocycles. The Balaban J connectivity index is 0.761. The number of fused-ring (bicyclic) bond motifs is 1. The zero-order valence-electron chi connectivity index (χ0n) is 65.4. The summed E-state index contributed by atoms with van der Waals surface area (Å²) in [4.78, 5) is 149. The fourth-order valence-electron chi connectivity index (χ4n) is 14.4. The first-order valence-electron chi connectivity index (χ1n) is 38.7. The van der Waals surface area contributed by atoms with Crippen LogP contribution in [0.1, 0.15) is 115 Å². The number of carboxylic acid groups (broad SMARTS) is 1. The van der Waals surface area contributed by atoms with Gasteiger partial charge in [0, 0.05) is 140 Å². The Morgan fingerprint density at radius 3 is 2.15 bits per heavy atom. The van der Waals surface area contributed by atoms with Crippen LogP contribution in [0.25, 0.3) is 22.0 Å². The lowest BCUT2D eigenvalue weighted by Crippen LogP contribution is -2.58. The number of likely N-dealkylation sites (N-methyl/N-ethyl adjacent to an activating group) is 2. The summed E-state index contributed by atoms with van der Waals surface area (Å²) in [5.74, 6) is -0.825. The predicted molar refractivity (Wildman–Crippen MR) is 415 cm³/mol. The Labute approximate surface area is 652 Å². The number of benzene rings is 3. The summed E-state index contributed by atoms with van der Waals surface area (Å²) >= 11 is 0. The molecular formula is C80H108N14O18. The highest BCUT2D eigenvalue weighted by atomic mass is 16.7. The van der Waals surface area contributed by atoms with Crippen LogP contribution in [0.5, 0.6) is 11.5 Å². The lowest BCUT2D eigenvalue weighted by atomic mass is 9.72. The second-order valence-electron chi connectivity index (χ2n) is 30.1. The van der Waals surface area contributed by atoms with Crippen molar-refractivity contribution in [2.45, 2.75) is 141 Å². The number of anilines is 2. The van der Waals surface area contributed by atoms with Gasteiger partial charge < -0.3 is 89.4 Å². The van der Waals surface area contributed by atoms with Gasteiger partial charge in [-0.2, -0.15) is 0 Å². The fourth-order valence-corrected chi connectivity index (χ4v) is 14.4. The summed E-state index contributed by atoms with van der Waals surface area (Å²) in [5, 5.41) is 21.4. The largest absolute Gasteiger partial charge is 0.496 e. The minimum atomic E-state index is -1.11. The van der Waals surface area contributed by atoms with Crippen LogP contribution < -0.4 is 46.9 Å². The number of hydrogen-bond acceptors (Lipinski definition) is 21. The van der Waals surface area contributed by atoms with E-state index in [1.54, 1.807) is 84.7 Å². The number of carbonyl (C=O) groups is 9. The van der Waals surface area contributed by atoms with Gasteiger partial charge in [0.15, 0.2) is 6.29 Å². The van der Waals surface area contributed by atoms with Gasteiger partial charge in [-0.15, -0.1) is 0 Å². The molecule has 0 bridgehead atoms. The fraction of sp³-hybridized carbons (Fsp3) is 0.550. The number of pyridine rings is 1. The van der Waals surface area contributed by atoms with E-state index in [1.807, 2.05) is 31.2 Å². The normalized spacial score (nSPS) is 18.5. The van der Waals surface area contributed by atoms with Gasteiger partial charge in [0.05, 0.1) is 63.3 Å². The molecule has 32 heteroatoms. The smallest absolute Gasteiger partial charge is 0.415 e. The first-order valence-corrected chi connectivity index (χ1v) is 38.7. The van der Waals surface area contributed by atoms with Crippen LogP contribution in [-0.2, 0) is 66.7 Å². The Morgan fingerprint density at radius 2 is 1.49 bits per heavy atom. The number of urea groups is 1. The maximum absolute atomic E-state index is 13.9. The van der Waals surface area contributed by atoms with Crippen molar-refractivity contribution in [3.8, 4) is 22.6 Å². The molecule has 2 aromatic heterocycles. The molecule has 5 aliphatic rings. The van der Waals surface area contributed by atoms with Gasteiger partial charge in [-0.3, -0.25) is 38.6 Å². The Bertz CT molecular complexity index is 4180. The van der Waals surface area contributed by atoms with Crippen molar-refractivity contribution < 1.29 is 81.4 Å². The number of imide groups is 1. The van der Waals surface area contributed by atoms with Crippen molar-refractivity contribution in [3.63, 3.8) is 0 Å². The number of rotatable bonds is 37. The molecule has 0 spiro atoms. The van der Waals surface area contributed by atoms with E-state index < -0.39 is 77.6 Å². The third-order valence-electron chi connectivity index (χ3n) is 21.3. The number of primary amides is 1. The third-order valence-corrected chi connectivity index (χ3v) is 21.3. The zero-order chi connectivity index (χ0) is 80.2. The number of nitrogens with two attached hydrogens (primary N) is 1. The lowest BCUT2D eigenvalue weighted by molar-refractivity contribution is -0.170. The van der Waals surface area contributed by atoms with E-state index in [0.717, 1.165) is 84.1 Å². The van der Waals surface area contributed by atoms with Crippen molar-refractivity contribution in [1.82, 2.24) is 55.0 Å². The van der Waals surface area contributed by atoms with Crippen molar-refractivity contribution in [2.24, 2.45) is 30.5 Å². The average molecular weight is 1550 g/mol. The molecule has 4 fully saturated rings. The molecule has 6 heterocycles. The Kier molecular flexibility index (Phi) is 29.9. The number of nitrogens with zero attached hydrogens (tertiary/aromatic N) is 9. The number of nitrogens with one attached hydrogen (secondary N) is 4. The van der Waals surface area contributed by atoms with E-state index in [4.69, 9.17) is 48.9 Å².